The van der Waals surface area contributed by atoms with Crippen molar-refractivity contribution < 1.29 is 13.6 Å². The quantitative estimate of drug-likeness (QED) is 0.401. The normalized spacial score (nSPS) is 14.9. The molecule has 1 aromatic heterocycles. The van der Waals surface area contributed by atoms with Gasteiger partial charge < -0.3 is 25.7 Å². The second kappa shape index (κ2) is 8.88. The fraction of sp³-hybridized carbons (Fsp3) is 0.294. The summed E-state index contributed by atoms with van der Waals surface area (Å²) in [6.07, 6.45) is 1.31. The third-order valence-electron chi connectivity index (χ3n) is 4.13. The Morgan fingerprint density at radius 3 is 2.38 bits per heavy atom. The van der Waals surface area contributed by atoms with E-state index >= 15 is 0 Å². The van der Waals surface area contributed by atoms with Crippen molar-refractivity contribution in [1.29, 1.82) is 0 Å². The van der Waals surface area contributed by atoms with Gasteiger partial charge >= 0.3 is 0 Å². The third-order valence-corrected chi connectivity index (χ3v) is 4.13. The van der Waals surface area contributed by atoms with Gasteiger partial charge in [0.15, 0.2) is 5.96 Å². The van der Waals surface area contributed by atoms with Crippen LogP contribution in [0, 0.1) is 5.82 Å². The van der Waals surface area contributed by atoms with Crippen molar-refractivity contribution in [3.8, 4) is 0 Å². The number of nitrogens with two attached hydrogens (primary N) is 2. The van der Waals surface area contributed by atoms with Crippen molar-refractivity contribution in [2.75, 3.05) is 31.1 Å². The van der Waals surface area contributed by atoms with Crippen LogP contribution in [0.15, 0.2) is 46.0 Å². The van der Waals surface area contributed by atoms with E-state index in [1.165, 1.54) is 18.4 Å². The lowest BCUT2D eigenvalue weighted by atomic mass is 10.2. The first kappa shape index (κ1) is 20.0. The maximum absolute atomic E-state index is 13.0. The maximum atomic E-state index is 13.0. The summed E-state index contributed by atoms with van der Waals surface area (Å²) in [4.78, 5) is 19.5. The van der Waals surface area contributed by atoms with Gasteiger partial charge in [-0.05, 0) is 30.3 Å². The zero-order chi connectivity index (χ0) is 17.8. The highest BCUT2D eigenvalue weighted by Crippen LogP contribution is 2.17. The molecular formula is C17H21FIN5O2. The highest BCUT2D eigenvalue weighted by molar-refractivity contribution is 14.0. The largest absolute Gasteiger partial charge is 0.467 e. The number of halogens is 2. The van der Waals surface area contributed by atoms with E-state index < -0.39 is 5.91 Å². The van der Waals surface area contributed by atoms with Crippen LogP contribution < -0.4 is 16.4 Å². The van der Waals surface area contributed by atoms with Crippen molar-refractivity contribution in [3.63, 3.8) is 0 Å². The van der Waals surface area contributed by atoms with Crippen LogP contribution in [0.25, 0.3) is 0 Å². The van der Waals surface area contributed by atoms with E-state index in [-0.39, 0.29) is 36.3 Å². The summed E-state index contributed by atoms with van der Waals surface area (Å²) in [7, 11) is 0. The molecule has 0 spiro atoms. The number of amides is 1. The molecule has 7 nitrogen and oxygen atoms in total. The molecular weight excluding hydrogens is 452 g/mol. The number of aliphatic imine (C=N–C) groups is 1. The van der Waals surface area contributed by atoms with Gasteiger partial charge in [0.1, 0.15) is 24.4 Å². The first-order valence-corrected chi connectivity index (χ1v) is 7.95. The Balaban J connectivity index is 0.00000243. The number of benzene rings is 1. The van der Waals surface area contributed by atoms with Gasteiger partial charge in [0.2, 0.25) is 0 Å². The molecule has 1 fully saturated rings. The fourth-order valence-corrected chi connectivity index (χ4v) is 2.70. The zero-order valence-corrected chi connectivity index (χ0v) is 16.4. The van der Waals surface area contributed by atoms with E-state index in [4.69, 9.17) is 15.9 Å². The minimum atomic E-state index is -0.538. The van der Waals surface area contributed by atoms with Crippen LogP contribution in [0.1, 0.15) is 16.1 Å². The molecule has 1 saturated heterocycles. The topological polar surface area (TPSA) is 101 Å². The molecule has 1 amide bonds. The van der Waals surface area contributed by atoms with Gasteiger partial charge in [0.25, 0.3) is 5.91 Å². The molecule has 2 aromatic rings. The molecule has 0 saturated carbocycles. The molecule has 140 valence electrons. The monoisotopic (exact) mass is 473 g/mol. The van der Waals surface area contributed by atoms with Crippen LogP contribution in [-0.4, -0.2) is 42.9 Å². The van der Waals surface area contributed by atoms with Crippen LogP contribution in [0.2, 0.25) is 0 Å². The summed E-state index contributed by atoms with van der Waals surface area (Å²) in [6, 6.07) is 8.03. The lowest BCUT2D eigenvalue weighted by molar-refractivity contribution is 0.0999. The van der Waals surface area contributed by atoms with E-state index in [2.05, 4.69) is 9.89 Å². The average molecular weight is 473 g/mol. The first-order chi connectivity index (χ1) is 12.0. The number of carbonyl (C=O) groups excluding carboxylic acids is 1. The summed E-state index contributed by atoms with van der Waals surface area (Å²) in [5.41, 5.74) is 12.5. The number of rotatable bonds is 4. The van der Waals surface area contributed by atoms with Gasteiger partial charge in [-0.25, -0.2) is 9.38 Å². The summed E-state index contributed by atoms with van der Waals surface area (Å²) in [5.74, 6) is 0.178. The van der Waals surface area contributed by atoms with Crippen LogP contribution in [0.5, 0.6) is 0 Å². The van der Waals surface area contributed by atoms with Crippen molar-refractivity contribution in [1.82, 2.24) is 4.90 Å². The van der Waals surface area contributed by atoms with E-state index in [0.717, 1.165) is 31.9 Å². The molecule has 4 N–H and O–H groups in total. The Hall–Kier alpha value is -2.30. The smallest absolute Gasteiger partial charge is 0.251 e. The molecule has 1 aliphatic heterocycles. The van der Waals surface area contributed by atoms with Gasteiger partial charge in [-0.3, -0.25) is 4.79 Å². The summed E-state index contributed by atoms with van der Waals surface area (Å²) in [6.45, 7) is 3.23. The number of piperazine rings is 1. The number of hydrogen-bond acceptors (Lipinski definition) is 4. The highest BCUT2D eigenvalue weighted by Gasteiger charge is 2.18. The van der Waals surface area contributed by atoms with E-state index in [9.17, 15) is 9.18 Å². The highest BCUT2D eigenvalue weighted by atomic mass is 127. The number of carbonyl (C=O) groups is 1. The van der Waals surface area contributed by atoms with Crippen LogP contribution in [-0.2, 0) is 6.54 Å². The molecule has 0 atom stereocenters. The van der Waals surface area contributed by atoms with E-state index in [1.807, 2.05) is 4.90 Å². The van der Waals surface area contributed by atoms with Crippen molar-refractivity contribution in [2.24, 2.45) is 16.5 Å². The Morgan fingerprint density at radius 2 is 1.81 bits per heavy atom. The van der Waals surface area contributed by atoms with Gasteiger partial charge in [-0.15, -0.1) is 24.0 Å². The second-order valence-electron chi connectivity index (χ2n) is 5.79. The number of nitrogens with zero attached hydrogens (tertiary/aromatic N) is 3. The predicted molar refractivity (Wildman–Crippen MR) is 108 cm³/mol. The van der Waals surface area contributed by atoms with Crippen LogP contribution in [0.3, 0.4) is 0 Å². The van der Waals surface area contributed by atoms with Crippen molar-refractivity contribution >= 4 is 41.5 Å². The lowest BCUT2D eigenvalue weighted by Gasteiger charge is -2.36. The molecule has 0 unspecified atom stereocenters. The van der Waals surface area contributed by atoms with Crippen molar-refractivity contribution in [3.05, 3.63) is 53.7 Å². The second-order valence-corrected chi connectivity index (χ2v) is 5.79. The number of primary amides is 1. The molecule has 2 heterocycles. The SMILES string of the molecule is I.NC(=O)c1coc(CN=C(N)N2CCN(c3ccc(F)cc3)CC2)c1. The van der Waals surface area contributed by atoms with Crippen LogP contribution in [0.4, 0.5) is 10.1 Å². The fourth-order valence-electron chi connectivity index (χ4n) is 2.70. The summed E-state index contributed by atoms with van der Waals surface area (Å²) < 4.78 is 18.2. The standard InChI is InChI=1S/C17H20FN5O2.HI/c18-13-1-3-14(4-2-13)22-5-7-23(8-6-22)17(20)21-10-15-9-12(11-25-15)16(19)24;/h1-4,9,11H,5-8,10H2,(H2,19,24)(H2,20,21);1H. The molecule has 9 heteroatoms. The van der Waals surface area contributed by atoms with Gasteiger partial charge in [-0.2, -0.15) is 0 Å². The zero-order valence-electron chi connectivity index (χ0n) is 14.1. The Labute approximate surface area is 167 Å². The summed E-state index contributed by atoms with van der Waals surface area (Å²) in [5, 5.41) is 0. The molecule has 1 aliphatic rings. The molecule has 0 bridgehead atoms. The third kappa shape index (κ3) is 4.87. The Bertz CT molecular complexity index is 770. The number of anilines is 1. The molecule has 3 rings (SSSR count). The Kier molecular flexibility index (Phi) is 6.83. The minimum Gasteiger partial charge on any atom is -0.467 e. The average Bonchev–Trinajstić information content (AvgIpc) is 3.10. The molecule has 1 aromatic carbocycles. The van der Waals surface area contributed by atoms with Crippen molar-refractivity contribution in [2.45, 2.75) is 6.54 Å². The van der Waals surface area contributed by atoms with Gasteiger partial charge in [0.05, 0.1) is 5.56 Å². The maximum Gasteiger partial charge on any atom is 0.251 e. The van der Waals surface area contributed by atoms with E-state index in [0.29, 0.717) is 17.3 Å². The molecule has 0 aliphatic carbocycles. The van der Waals surface area contributed by atoms with E-state index in [1.54, 1.807) is 18.2 Å². The number of guanidine groups is 1. The number of hydrogen-bond donors (Lipinski definition) is 2. The lowest BCUT2D eigenvalue weighted by Crippen LogP contribution is -2.51. The molecule has 0 radical (unpaired) electrons. The minimum absolute atomic E-state index is 0. The van der Waals surface area contributed by atoms with Crippen LogP contribution >= 0.6 is 24.0 Å². The molecule has 26 heavy (non-hydrogen) atoms. The van der Waals surface area contributed by atoms with Gasteiger partial charge in [0, 0.05) is 31.9 Å². The predicted octanol–water partition coefficient (Wildman–Crippen LogP) is 1.77. The first-order valence-electron chi connectivity index (χ1n) is 7.95. The number of furan rings is 1. The Morgan fingerprint density at radius 1 is 1.15 bits per heavy atom. The van der Waals surface area contributed by atoms with Gasteiger partial charge in [-0.1, -0.05) is 0 Å². The summed E-state index contributed by atoms with van der Waals surface area (Å²) >= 11 is 0.